The first-order chi connectivity index (χ1) is 14.1. The molecule has 3 aromatic carbocycles. The number of carbonyl (C=O) groups is 2. The molecular formula is C23H20O6. The number of benzene rings is 2. The summed E-state index contributed by atoms with van der Waals surface area (Å²) in [5.41, 5.74) is 0.741. The lowest BCUT2D eigenvalue weighted by Gasteiger charge is -2.16. The molecule has 1 heterocycles. The molecule has 6 nitrogen and oxygen atoms in total. The van der Waals surface area contributed by atoms with Crippen LogP contribution in [0.15, 0.2) is 59.4 Å². The smallest absolute Gasteiger partial charge is 0.461 e. The lowest BCUT2D eigenvalue weighted by molar-refractivity contribution is -0.148. The van der Waals surface area contributed by atoms with E-state index < -0.39 is 24.1 Å². The monoisotopic (exact) mass is 392 g/mol. The van der Waals surface area contributed by atoms with Crippen LogP contribution in [-0.2, 0) is 19.0 Å². The summed E-state index contributed by atoms with van der Waals surface area (Å²) in [6.07, 6.45) is -0.785. The van der Waals surface area contributed by atoms with Gasteiger partial charge in [-0.3, -0.25) is 9.59 Å². The molecule has 0 spiro atoms. The summed E-state index contributed by atoms with van der Waals surface area (Å²) in [6.45, 7) is 1.93. The molecule has 0 aromatic heterocycles. The number of rotatable bonds is 5. The average Bonchev–Trinajstić information content (AvgIpc) is 3.10. The molecular weight excluding hydrogens is 372 g/mol. The number of hydrogen-bond donors (Lipinski definition) is 0. The van der Waals surface area contributed by atoms with Gasteiger partial charge in [-0.05, 0) is 22.8 Å². The molecule has 2 unspecified atom stereocenters. The van der Waals surface area contributed by atoms with Crippen LogP contribution >= 0.6 is 0 Å². The molecule has 0 bridgehead atoms. The predicted molar refractivity (Wildman–Crippen MR) is 108 cm³/mol. The van der Waals surface area contributed by atoms with Gasteiger partial charge in [0.1, 0.15) is 13.2 Å². The molecule has 1 aliphatic heterocycles. The molecule has 0 radical (unpaired) electrons. The van der Waals surface area contributed by atoms with Gasteiger partial charge >= 0.3 is 12.1 Å². The van der Waals surface area contributed by atoms with E-state index in [2.05, 4.69) is 4.74 Å². The normalized spacial score (nSPS) is 17.0. The van der Waals surface area contributed by atoms with Crippen LogP contribution in [0.1, 0.15) is 24.8 Å². The van der Waals surface area contributed by atoms with Gasteiger partial charge in [-0.25, -0.2) is 4.79 Å². The van der Waals surface area contributed by atoms with E-state index in [4.69, 9.17) is 9.47 Å². The topological polar surface area (TPSA) is 78.9 Å². The minimum atomic E-state index is -0.749. The Bertz CT molecular complexity index is 1150. The second kappa shape index (κ2) is 7.91. The van der Waals surface area contributed by atoms with E-state index in [9.17, 15) is 14.4 Å². The standard InChI is InChI=1S/C23H20O6/c1-2-18(22(25)27-12-17-13-28-23(26)29-17)15-9-10-20-16(11-15)8-7-14-5-3-4-6-19(14)21(20)24/h3-11,17-18H,2,12-13H2,1H3. The second-order valence-electron chi connectivity index (χ2n) is 6.99. The predicted octanol–water partition coefficient (Wildman–Crippen LogP) is 3.93. The molecule has 0 N–H and O–H groups in total. The van der Waals surface area contributed by atoms with Crippen molar-refractivity contribution in [1.29, 1.82) is 0 Å². The fraction of sp³-hybridized carbons (Fsp3) is 0.261. The number of cyclic esters (lactones) is 2. The Morgan fingerprint density at radius 2 is 1.83 bits per heavy atom. The van der Waals surface area contributed by atoms with E-state index >= 15 is 0 Å². The molecule has 1 saturated heterocycles. The molecule has 29 heavy (non-hydrogen) atoms. The fourth-order valence-electron chi connectivity index (χ4n) is 3.58. The molecule has 0 amide bonds. The summed E-state index contributed by atoms with van der Waals surface area (Å²) < 4.78 is 14.9. The third-order valence-corrected chi connectivity index (χ3v) is 5.12. The number of ether oxygens (including phenoxy) is 3. The molecule has 3 aromatic rings. The van der Waals surface area contributed by atoms with Gasteiger partial charge in [0, 0.05) is 10.8 Å². The lowest BCUT2D eigenvalue weighted by atomic mass is 9.94. The minimum Gasteiger partial charge on any atom is -0.461 e. The van der Waals surface area contributed by atoms with Crippen molar-refractivity contribution in [1.82, 2.24) is 0 Å². The summed E-state index contributed by atoms with van der Waals surface area (Å²) >= 11 is 0. The number of hydrogen-bond acceptors (Lipinski definition) is 6. The van der Waals surface area contributed by atoms with Crippen LogP contribution in [0.4, 0.5) is 4.79 Å². The van der Waals surface area contributed by atoms with Crippen molar-refractivity contribution in [3.8, 4) is 0 Å². The fourth-order valence-corrected chi connectivity index (χ4v) is 3.58. The maximum Gasteiger partial charge on any atom is 0.508 e. The molecule has 0 saturated carbocycles. The van der Waals surface area contributed by atoms with Crippen LogP contribution in [0.5, 0.6) is 0 Å². The highest BCUT2D eigenvalue weighted by Crippen LogP contribution is 2.25. The van der Waals surface area contributed by atoms with Gasteiger partial charge in [0.15, 0.2) is 11.5 Å². The van der Waals surface area contributed by atoms with Gasteiger partial charge in [0.25, 0.3) is 0 Å². The van der Waals surface area contributed by atoms with Crippen molar-refractivity contribution >= 4 is 33.7 Å². The third-order valence-electron chi connectivity index (χ3n) is 5.12. The maximum absolute atomic E-state index is 12.9. The van der Waals surface area contributed by atoms with Gasteiger partial charge in [-0.2, -0.15) is 0 Å². The van der Waals surface area contributed by atoms with Crippen LogP contribution < -0.4 is 5.43 Å². The minimum absolute atomic E-state index is 0.0363. The van der Waals surface area contributed by atoms with Crippen molar-refractivity contribution in [2.45, 2.75) is 25.4 Å². The molecule has 0 aliphatic carbocycles. The van der Waals surface area contributed by atoms with E-state index in [1.807, 2.05) is 49.4 Å². The van der Waals surface area contributed by atoms with Crippen LogP contribution in [0, 0.1) is 0 Å². The van der Waals surface area contributed by atoms with Gasteiger partial charge in [-0.1, -0.05) is 61.5 Å². The highest BCUT2D eigenvalue weighted by molar-refractivity contribution is 5.94. The molecule has 1 aliphatic rings. The first-order valence-corrected chi connectivity index (χ1v) is 9.52. The summed E-state index contributed by atoms with van der Waals surface area (Å²) in [4.78, 5) is 36.5. The van der Waals surface area contributed by atoms with E-state index in [1.54, 1.807) is 12.1 Å². The largest absolute Gasteiger partial charge is 0.508 e. The Balaban J connectivity index is 1.63. The SMILES string of the molecule is CCC(C(=O)OCC1COC(=O)O1)c1ccc2c(=O)c3ccccc3ccc2c1. The summed E-state index contributed by atoms with van der Waals surface area (Å²) in [5, 5.41) is 2.91. The van der Waals surface area contributed by atoms with E-state index in [1.165, 1.54) is 0 Å². The highest BCUT2D eigenvalue weighted by Gasteiger charge is 2.28. The van der Waals surface area contributed by atoms with Crippen molar-refractivity contribution in [2.24, 2.45) is 0 Å². The van der Waals surface area contributed by atoms with Gasteiger partial charge < -0.3 is 14.2 Å². The van der Waals surface area contributed by atoms with E-state index in [0.717, 1.165) is 16.3 Å². The van der Waals surface area contributed by atoms with Gasteiger partial charge in [-0.15, -0.1) is 0 Å². The second-order valence-corrected chi connectivity index (χ2v) is 6.99. The molecule has 148 valence electrons. The first kappa shape index (κ1) is 18.9. The Morgan fingerprint density at radius 3 is 2.59 bits per heavy atom. The number of fused-ring (bicyclic) bond motifs is 2. The van der Waals surface area contributed by atoms with Gasteiger partial charge in [0.2, 0.25) is 0 Å². The average molecular weight is 392 g/mol. The van der Waals surface area contributed by atoms with Crippen molar-refractivity contribution in [3.63, 3.8) is 0 Å². The Morgan fingerprint density at radius 1 is 1.07 bits per heavy atom. The first-order valence-electron chi connectivity index (χ1n) is 9.52. The van der Waals surface area contributed by atoms with Crippen LogP contribution in [0.3, 0.4) is 0 Å². The zero-order chi connectivity index (χ0) is 20.4. The molecule has 2 atom stereocenters. The number of esters is 1. The number of carbonyl (C=O) groups excluding carboxylic acids is 2. The molecule has 1 fully saturated rings. The lowest BCUT2D eigenvalue weighted by Crippen LogP contribution is -2.24. The molecule has 4 rings (SSSR count). The van der Waals surface area contributed by atoms with Crippen LogP contribution in [0.2, 0.25) is 0 Å². The summed E-state index contributed by atoms with van der Waals surface area (Å²) in [6, 6.07) is 16.7. The highest BCUT2D eigenvalue weighted by atomic mass is 16.8. The van der Waals surface area contributed by atoms with Crippen LogP contribution in [0.25, 0.3) is 21.5 Å². The Kier molecular flexibility index (Phi) is 5.16. The Labute approximate surface area is 167 Å². The van der Waals surface area contributed by atoms with Crippen molar-refractivity contribution in [2.75, 3.05) is 13.2 Å². The Hall–Kier alpha value is -3.41. The van der Waals surface area contributed by atoms with E-state index in [-0.39, 0.29) is 18.6 Å². The van der Waals surface area contributed by atoms with Crippen LogP contribution in [-0.4, -0.2) is 31.4 Å². The quantitative estimate of drug-likeness (QED) is 0.612. The summed E-state index contributed by atoms with van der Waals surface area (Å²) in [5.74, 6) is -0.880. The zero-order valence-electron chi connectivity index (χ0n) is 15.9. The maximum atomic E-state index is 12.9. The summed E-state index contributed by atoms with van der Waals surface area (Å²) in [7, 11) is 0. The van der Waals surface area contributed by atoms with Crippen molar-refractivity contribution < 1.29 is 23.8 Å². The third kappa shape index (κ3) is 3.78. The van der Waals surface area contributed by atoms with Crippen molar-refractivity contribution in [3.05, 3.63) is 70.4 Å². The van der Waals surface area contributed by atoms with E-state index in [0.29, 0.717) is 17.2 Å². The van der Waals surface area contributed by atoms with Gasteiger partial charge in [0.05, 0.1) is 5.92 Å². The molecule has 6 heteroatoms. The zero-order valence-corrected chi connectivity index (χ0v) is 15.9.